The Hall–Kier alpha value is -2.57. The van der Waals surface area contributed by atoms with Crippen molar-refractivity contribution in [3.05, 3.63) is 35.4 Å². The monoisotopic (exact) mass is 489 g/mol. The van der Waals surface area contributed by atoms with Gasteiger partial charge in [-0.3, -0.25) is 9.59 Å². The molecular weight excluding hydrogens is 442 g/mol. The number of nitrogens with zero attached hydrogens (tertiary/aromatic N) is 1. The molecule has 1 aromatic carbocycles. The summed E-state index contributed by atoms with van der Waals surface area (Å²) in [6, 6.07) is 6.09. The van der Waals surface area contributed by atoms with Gasteiger partial charge in [-0.05, 0) is 58.9 Å². The molecule has 0 aliphatic heterocycles. The fourth-order valence-corrected chi connectivity index (χ4v) is 3.95. The summed E-state index contributed by atoms with van der Waals surface area (Å²) in [5, 5.41) is 5.89. The van der Waals surface area contributed by atoms with Gasteiger partial charge in [0, 0.05) is 12.6 Å². The van der Waals surface area contributed by atoms with Crippen molar-refractivity contribution in [1.29, 1.82) is 0 Å². The number of rotatable bonds is 12. The van der Waals surface area contributed by atoms with Gasteiger partial charge in [-0.2, -0.15) is 0 Å². The summed E-state index contributed by atoms with van der Waals surface area (Å²) >= 11 is 0. The second-order valence-electron chi connectivity index (χ2n) is 10.6. The quantitative estimate of drug-likeness (QED) is 0.405. The lowest BCUT2D eigenvalue weighted by molar-refractivity contribution is -0.143. The lowest BCUT2D eigenvalue weighted by atomic mass is 9.95. The number of alkyl carbamates (subject to hydrolysis) is 1. The maximum absolute atomic E-state index is 14.0. The molecule has 1 rings (SSSR count). The summed E-state index contributed by atoms with van der Waals surface area (Å²) in [6.45, 7) is 17.6. The molecule has 0 saturated carbocycles. The fourth-order valence-electron chi connectivity index (χ4n) is 3.95. The summed E-state index contributed by atoms with van der Waals surface area (Å²) in [5.41, 5.74) is 1.14. The predicted octanol–water partition coefficient (Wildman–Crippen LogP) is 5.52. The van der Waals surface area contributed by atoms with Gasteiger partial charge in [-0.1, -0.05) is 70.4 Å². The number of amides is 3. The van der Waals surface area contributed by atoms with Crippen LogP contribution >= 0.6 is 0 Å². The summed E-state index contributed by atoms with van der Waals surface area (Å²) in [4.78, 5) is 41.8. The number of aryl methyl sites for hydroxylation is 1. The van der Waals surface area contributed by atoms with E-state index in [1.54, 1.807) is 25.7 Å². The number of hydrogen-bond donors (Lipinski definition) is 2. The van der Waals surface area contributed by atoms with E-state index >= 15 is 0 Å². The SMILES string of the molecule is CCCC(C)NC(=O)C(c1ccc(C)cc1)N(CCC)C(=O)C(NC(=O)OC(C)(C)C)C(C)CC. The number of carbonyl (C=O) groups is 3. The van der Waals surface area contributed by atoms with Gasteiger partial charge in [0.1, 0.15) is 17.7 Å². The molecule has 198 valence electrons. The van der Waals surface area contributed by atoms with E-state index in [1.807, 2.05) is 58.9 Å². The zero-order valence-electron chi connectivity index (χ0n) is 23.2. The van der Waals surface area contributed by atoms with Crippen LogP contribution in [0.2, 0.25) is 0 Å². The average molecular weight is 490 g/mol. The molecule has 1 aromatic rings. The van der Waals surface area contributed by atoms with Gasteiger partial charge in [-0.25, -0.2) is 4.79 Å². The first kappa shape index (κ1) is 30.5. The van der Waals surface area contributed by atoms with E-state index in [4.69, 9.17) is 4.74 Å². The molecule has 4 atom stereocenters. The normalized spacial score (nSPS) is 14.9. The van der Waals surface area contributed by atoms with Crippen molar-refractivity contribution >= 4 is 17.9 Å². The maximum atomic E-state index is 14.0. The van der Waals surface area contributed by atoms with Crippen LogP contribution in [0.1, 0.15) is 98.2 Å². The minimum Gasteiger partial charge on any atom is -0.444 e. The van der Waals surface area contributed by atoms with Crippen LogP contribution in [-0.2, 0) is 14.3 Å². The molecule has 7 heteroatoms. The van der Waals surface area contributed by atoms with Crippen molar-refractivity contribution in [2.75, 3.05) is 6.54 Å². The third-order valence-electron chi connectivity index (χ3n) is 5.96. The second kappa shape index (κ2) is 14.1. The Labute approximate surface area is 212 Å². The number of benzene rings is 1. The van der Waals surface area contributed by atoms with Gasteiger partial charge in [-0.15, -0.1) is 0 Å². The van der Waals surface area contributed by atoms with E-state index in [9.17, 15) is 14.4 Å². The van der Waals surface area contributed by atoms with E-state index in [0.29, 0.717) is 19.4 Å². The van der Waals surface area contributed by atoms with E-state index in [1.165, 1.54) is 0 Å². The Morgan fingerprint density at radius 3 is 2.06 bits per heavy atom. The third-order valence-corrected chi connectivity index (χ3v) is 5.96. The van der Waals surface area contributed by atoms with Crippen LogP contribution in [0.5, 0.6) is 0 Å². The molecule has 0 fully saturated rings. The van der Waals surface area contributed by atoms with Crippen molar-refractivity contribution in [3.8, 4) is 0 Å². The maximum Gasteiger partial charge on any atom is 0.408 e. The van der Waals surface area contributed by atoms with Crippen LogP contribution in [0.3, 0.4) is 0 Å². The highest BCUT2D eigenvalue weighted by atomic mass is 16.6. The van der Waals surface area contributed by atoms with Gasteiger partial charge in [0.2, 0.25) is 11.8 Å². The van der Waals surface area contributed by atoms with Gasteiger partial charge in [0.05, 0.1) is 0 Å². The molecule has 3 amide bonds. The molecule has 0 aliphatic carbocycles. The first-order valence-corrected chi connectivity index (χ1v) is 13.0. The van der Waals surface area contributed by atoms with Crippen LogP contribution in [0.25, 0.3) is 0 Å². The smallest absolute Gasteiger partial charge is 0.408 e. The Morgan fingerprint density at radius 2 is 1.57 bits per heavy atom. The average Bonchev–Trinajstić information content (AvgIpc) is 2.76. The Kier molecular flexibility index (Phi) is 12.3. The number of nitrogens with one attached hydrogen (secondary N) is 2. The Balaban J connectivity index is 3.43. The van der Waals surface area contributed by atoms with Crippen LogP contribution in [0.4, 0.5) is 4.79 Å². The first-order valence-electron chi connectivity index (χ1n) is 13.0. The molecule has 0 heterocycles. The molecule has 7 nitrogen and oxygen atoms in total. The lowest BCUT2D eigenvalue weighted by Crippen LogP contribution is -2.55. The lowest BCUT2D eigenvalue weighted by Gasteiger charge is -2.36. The van der Waals surface area contributed by atoms with Crippen LogP contribution in [-0.4, -0.2) is 47.0 Å². The van der Waals surface area contributed by atoms with Crippen molar-refractivity contribution in [2.45, 2.75) is 112 Å². The highest BCUT2D eigenvalue weighted by Crippen LogP contribution is 2.25. The van der Waals surface area contributed by atoms with E-state index in [2.05, 4.69) is 17.6 Å². The van der Waals surface area contributed by atoms with Gasteiger partial charge < -0.3 is 20.3 Å². The second-order valence-corrected chi connectivity index (χ2v) is 10.6. The Morgan fingerprint density at radius 1 is 0.971 bits per heavy atom. The molecule has 4 unspecified atom stereocenters. The zero-order chi connectivity index (χ0) is 26.8. The largest absolute Gasteiger partial charge is 0.444 e. The fraction of sp³-hybridized carbons (Fsp3) is 0.679. The number of ether oxygens (including phenoxy) is 1. The molecule has 0 saturated heterocycles. The van der Waals surface area contributed by atoms with E-state index < -0.39 is 23.8 Å². The van der Waals surface area contributed by atoms with E-state index in [-0.39, 0.29) is 23.8 Å². The molecule has 2 N–H and O–H groups in total. The molecule has 35 heavy (non-hydrogen) atoms. The van der Waals surface area contributed by atoms with Gasteiger partial charge in [0.15, 0.2) is 0 Å². The van der Waals surface area contributed by atoms with Crippen LogP contribution in [0, 0.1) is 12.8 Å². The molecule has 0 radical (unpaired) electrons. The summed E-state index contributed by atoms with van der Waals surface area (Å²) in [5.74, 6) is -0.636. The summed E-state index contributed by atoms with van der Waals surface area (Å²) < 4.78 is 5.44. The molecule has 0 aliphatic rings. The zero-order valence-corrected chi connectivity index (χ0v) is 23.2. The minimum atomic E-state index is -0.810. The summed E-state index contributed by atoms with van der Waals surface area (Å²) in [7, 11) is 0. The van der Waals surface area contributed by atoms with Crippen molar-refractivity contribution < 1.29 is 19.1 Å². The molecule has 0 spiro atoms. The molecule has 0 bridgehead atoms. The standard InChI is InChI=1S/C28H47N3O4/c1-10-13-21(6)29-25(32)24(22-16-14-19(4)15-17-22)31(18-11-2)26(33)23(20(5)12-3)30-27(34)35-28(7,8)9/h14-17,20-21,23-24H,10-13,18H2,1-9H3,(H,29,32)(H,30,34). The topological polar surface area (TPSA) is 87.7 Å². The molecular formula is C28H47N3O4. The minimum absolute atomic E-state index is 0.00993. The van der Waals surface area contributed by atoms with Crippen LogP contribution < -0.4 is 10.6 Å². The number of carbonyl (C=O) groups excluding carboxylic acids is 3. The predicted molar refractivity (Wildman–Crippen MR) is 141 cm³/mol. The third kappa shape index (κ3) is 9.90. The van der Waals surface area contributed by atoms with Crippen molar-refractivity contribution in [3.63, 3.8) is 0 Å². The van der Waals surface area contributed by atoms with Crippen molar-refractivity contribution in [2.24, 2.45) is 5.92 Å². The number of hydrogen-bond acceptors (Lipinski definition) is 4. The van der Waals surface area contributed by atoms with Crippen LogP contribution in [0.15, 0.2) is 24.3 Å². The highest BCUT2D eigenvalue weighted by molar-refractivity contribution is 5.92. The van der Waals surface area contributed by atoms with Gasteiger partial charge in [0.25, 0.3) is 0 Å². The van der Waals surface area contributed by atoms with E-state index in [0.717, 1.165) is 24.0 Å². The Bertz CT molecular complexity index is 816. The molecule has 0 aromatic heterocycles. The summed E-state index contributed by atoms with van der Waals surface area (Å²) in [6.07, 6.45) is 2.51. The highest BCUT2D eigenvalue weighted by Gasteiger charge is 2.38. The first-order chi connectivity index (χ1) is 16.3. The van der Waals surface area contributed by atoms with Gasteiger partial charge >= 0.3 is 6.09 Å². The van der Waals surface area contributed by atoms with Crippen molar-refractivity contribution in [1.82, 2.24) is 15.5 Å².